The van der Waals surface area contributed by atoms with Gasteiger partial charge >= 0.3 is 0 Å². The third kappa shape index (κ3) is 4.04. The Morgan fingerprint density at radius 1 is 1.41 bits per heavy atom. The quantitative estimate of drug-likeness (QED) is 0.802. The van der Waals surface area contributed by atoms with E-state index in [4.69, 9.17) is 11.6 Å². The maximum Gasteiger partial charge on any atom is 0.251 e. The highest BCUT2D eigenvalue weighted by molar-refractivity contribution is 6.17. The fraction of sp³-hybridized carbons (Fsp3) is 0.500. The first kappa shape index (κ1) is 14.0. The molecule has 0 aliphatic rings. The van der Waals surface area contributed by atoms with Crippen LogP contribution in [0.5, 0.6) is 0 Å². The summed E-state index contributed by atoms with van der Waals surface area (Å²) in [6, 6.07) is 5.80. The summed E-state index contributed by atoms with van der Waals surface area (Å²) in [5, 5.41) is 2.95. The maximum absolute atomic E-state index is 12.0. The van der Waals surface area contributed by atoms with E-state index in [2.05, 4.69) is 12.2 Å². The van der Waals surface area contributed by atoms with E-state index in [-0.39, 0.29) is 5.91 Å². The fourth-order valence-corrected chi connectivity index (χ4v) is 2.02. The molecular weight excluding hydrogens is 234 g/mol. The molecule has 0 aliphatic heterocycles. The van der Waals surface area contributed by atoms with Crippen LogP contribution in [0.2, 0.25) is 0 Å². The predicted octanol–water partition coefficient (Wildman–Crippen LogP) is 3.30. The number of aryl methyl sites for hydroxylation is 1. The second kappa shape index (κ2) is 6.65. The van der Waals surface area contributed by atoms with Crippen molar-refractivity contribution in [2.75, 3.05) is 12.4 Å². The highest BCUT2D eigenvalue weighted by atomic mass is 35.5. The number of amides is 1. The van der Waals surface area contributed by atoms with Gasteiger partial charge in [-0.3, -0.25) is 4.79 Å². The third-order valence-corrected chi connectivity index (χ3v) is 3.28. The molecule has 1 aromatic rings. The SMILES string of the molecule is Cc1cccc(C(=O)NCC(C)CCCl)c1C. The minimum absolute atomic E-state index is 0.00706. The third-order valence-electron chi connectivity index (χ3n) is 3.06. The van der Waals surface area contributed by atoms with Crippen molar-refractivity contribution < 1.29 is 4.79 Å². The molecule has 1 amide bonds. The van der Waals surface area contributed by atoms with E-state index >= 15 is 0 Å². The number of alkyl halides is 1. The summed E-state index contributed by atoms with van der Waals surface area (Å²) in [7, 11) is 0. The van der Waals surface area contributed by atoms with Crippen molar-refractivity contribution in [1.29, 1.82) is 0 Å². The highest BCUT2D eigenvalue weighted by Crippen LogP contribution is 2.12. The first-order chi connectivity index (χ1) is 8.06. The topological polar surface area (TPSA) is 29.1 Å². The van der Waals surface area contributed by atoms with E-state index in [1.165, 1.54) is 0 Å². The number of carbonyl (C=O) groups excluding carboxylic acids is 1. The van der Waals surface area contributed by atoms with Crippen LogP contribution in [0.4, 0.5) is 0 Å². The molecule has 2 nitrogen and oxygen atoms in total. The zero-order valence-electron chi connectivity index (χ0n) is 10.7. The van der Waals surface area contributed by atoms with E-state index in [1.54, 1.807) is 0 Å². The van der Waals surface area contributed by atoms with Gasteiger partial charge in [-0.05, 0) is 43.4 Å². The Kier molecular flexibility index (Phi) is 5.49. The zero-order chi connectivity index (χ0) is 12.8. The van der Waals surface area contributed by atoms with Gasteiger partial charge < -0.3 is 5.32 Å². The number of hydrogen-bond donors (Lipinski definition) is 1. The van der Waals surface area contributed by atoms with Crippen LogP contribution >= 0.6 is 11.6 Å². The molecule has 0 spiro atoms. The largest absolute Gasteiger partial charge is 0.352 e. The van der Waals surface area contributed by atoms with Crippen LogP contribution in [0.15, 0.2) is 18.2 Å². The Hall–Kier alpha value is -1.02. The zero-order valence-corrected chi connectivity index (χ0v) is 11.5. The normalized spacial score (nSPS) is 12.2. The average Bonchev–Trinajstić information content (AvgIpc) is 2.30. The molecule has 0 radical (unpaired) electrons. The minimum atomic E-state index is 0.00706. The van der Waals surface area contributed by atoms with Crippen molar-refractivity contribution in [1.82, 2.24) is 5.32 Å². The van der Waals surface area contributed by atoms with E-state index < -0.39 is 0 Å². The Morgan fingerprint density at radius 2 is 2.12 bits per heavy atom. The van der Waals surface area contributed by atoms with Gasteiger partial charge in [0.05, 0.1) is 0 Å². The van der Waals surface area contributed by atoms with Crippen LogP contribution in [0.1, 0.15) is 34.8 Å². The smallest absolute Gasteiger partial charge is 0.251 e. The number of rotatable bonds is 5. The van der Waals surface area contributed by atoms with Crippen LogP contribution < -0.4 is 5.32 Å². The monoisotopic (exact) mass is 253 g/mol. The fourth-order valence-electron chi connectivity index (χ4n) is 1.65. The van der Waals surface area contributed by atoms with Gasteiger partial charge in [-0.15, -0.1) is 11.6 Å². The Bertz CT molecular complexity index is 390. The van der Waals surface area contributed by atoms with Gasteiger partial charge in [-0.2, -0.15) is 0 Å². The summed E-state index contributed by atoms with van der Waals surface area (Å²) in [5.41, 5.74) is 2.96. The standard InChI is InChI=1S/C14H20ClNO/c1-10(7-8-15)9-16-14(17)13-6-4-5-11(2)12(13)3/h4-6,10H,7-9H2,1-3H3,(H,16,17). The Balaban J connectivity index is 2.61. The molecule has 1 atom stereocenters. The predicted molar refractivity (Wildman–Crippen MR) is 72.8 cm³/mol. The molecule has 0 aromatic heterocycles. The second-order valence-corrected chi connectivity index (χ2v) is 4.92. The minimum Gasteiger partial charge on any atom is -0.352 e. The Labute approximate surface area is 108 Å². The molecule has 0 saturated heterocycles. The molecule has 17 heavy (non-hydrogen) atoms. The summed E-state index contributed by atoms with van der Waals surface area (Å²) in [4.78, 5) is 12.0. The summed E-state index contributed by atoms with van der Waals surface area (Å²) in [6.45, 7) is 6.76. The Morgan fingerprint density at radius 3 is 2.76 bits per heavy atom. The molecule has 1 N–H and O–H groups in total. The first-order valence-corrected chi connectivity index (χ1v) is 6.50. The van der Waals surface area contributed by atoms with Crippen molar-refractivity contribution in [2.24, 2.45) is 5.92 Å². The van der Waals surface area contributed by atoms with Gasteiger partial charge in [0, 0.05) is 18.0 Å². The van der Waals surface area contributed by atoms with E-state index in [0.717, 1.165) is 23.1 Å². The van der Waals surface area contributed by atoms with E-state index in [9.17, 15) is 4.79 Å². The van der Waals surface area contributed by atoms with Crippen LogP contribution in [0.3, 0.4) is 0 Å². The summed E-state index contributed by atoms with van der Waals surface area (Å²) in [5.74, 6) is 1.06. The number of carbonyl (C=O) groups is 1. The highest BCUT2D eigenvalue weighted by Gasteiger charge is 2.10. The average molecular weight is 254 g/mol. The van der Waals surface area contributed by atoms with Crippen LogP contribution in [0, 0.1) is 19.8 Å². The van der Waals surface area contributed by atoms with Crippen molar-refractivity contribution in [3.8, 4) is 0 Å². The van der Waals surface area contributed by atoms with Gasteiger partial charge in [0.25, 0.3) is 5.91 Å². The molecule has 1 unspecified atom stereocenters. The van der Waals surface area contributed by atoms with Gasteiger partial charge in [0.15, 0.2) is 0 Å². The van der Waals surface area contributed by atoms with E-state index in [0.29, 0.717) is 18.3 Å². The molecule has 0 fully saturated rings. The van der Waals surface area contributed by atoms with E-state index in [1.807, 2.05) is 32.0 Å². The lowest BCUT2D eigenvalue weighted by Gasteiger charge is -2.13. The molecule has 1 aromatic carbocycles. The van der Waals surface area contributed by atoms with Crippen LogP contribution in [-0.4, -0.2) is 18.3 Å². The van der Waals surface area contributed by atoms with Crippen molar-refractivity contribution in [3.63, 3.8) is 0 Å². The number of benzene rings is 1. The first-order valence-electron chi connectivity index (χ1n) is 5.96. The maximum atomic E-state index is 12.0. The molecule has 94 valence electrons. The van der Waals surface area contributed by atoms with Gasteiger partial charge in [0.2, 0.25) is 0 Å². The molecule has 0 bridgehead atoms. The van der Waals surface area contributed by atoms with Crippen molar-refractivity contribution >= 4 is 17.5 Å². The number of nitrogens with one attached hydrogen (secondary N) is 1. The van der Waals surface area contributed by atoms with Gasteiger partial charge in [-0.25, -0.2) is 0 Å². The molecule has 3 heteroatoms. The van der Waals surface area contributed by atoms with Gasteiger partial charge in [0.1, 0.15) is 0 Å². The number of halogens is 1. The lowest BCUT2D eigenvalue weighted by atomic mass is 10.0. The van der Waals surface area contributed by atoms with Crippen LogP contribution in [0.25, 0.3) is 0 Å². The van der Waals surface area contributed by atoms with Crippen LogP contribution in [-0.2, 0) is 0 Å². The van der Waals surface area contributed by atoms with Gasteiger partial charge in [-0.1, -0.05) is 19.1 Å². The second-order valence-electron chi connectivity index (χ2n) is 4.54. The molecular formula is C14H20ClNO. The lowest BCUT2D eigenvalue weighted by Crippen LogP contribution is -2.29. The summed E-state index contributed by atoms with van der Waals surface area (Å²) >= 11 is 5.66. The summed E-state index contributed by atoms with van der Waals surface area (Å²) in [6.07, 6.45) is 0.925. The lowest BCUT2D eigenvalue weighted by molar-refractivity contribution is 0.0947. The number of hydrogen-bond acceptors (Lipinski definition) is 1. The molecule has 1 rings (SSSR count). The molecule has 0 saturated carbocycles. The molecule has 0 aliphatic carbocycles. The van der Waals surface area contributed by atoms with Crippen molar-refractivity contribution in [2.45, 2.75) is 27.2 Å². The van der Waals surface area contributed by atoms with Crippen molar-refractivity contribution in [3.05, 3.63) is 34.9 Å². The summed E-state index contributed by atoms with van der Waals surface area (Å²) < 4.78 is 0. The molecule has 0 heterocycles.